The molecule has 0 aliphatic rings. The largest absolute Gasteiger partial charge is 0.481 e. The maximum atomic E-state index is 10.9. The van der Waals surface area contributed by atoms with E-state index in [0.29, 0.717) is 5.13 Å². The molecule has 7 heteroatoms. The number of hydrogen-bond donors (Lipinski definition) is 2. The van der Waals surface area contributed by atoms with E-state index in [2.05, 4.69) is 4.98 Å². The van der Waals surface area contributed by atoms with Crippen molar-refractivity contribution in [1.82, 2.24) is 4.98 Å². The van der Waals surface area contributed by atoms with Crippen molar-refractivity contribution in [2.45, 2.75) is 6.42 Å². The van der Waals surface area contributed by atoms with Crippen LogP contribution in [0.1, 0.15) is 6.42 Å². The van der Waals surface area contributed by atoms with Crippen molar-refractivity contribution in [2.24, 2.45) is 0 Å². The summed E-state index contributed by atoms with van der Waals surface area (Å²) in [6, 6.07) is 9.53. The second-order valence-corrected chi connectivity index (χ2v) is 5.18. The molecule has 0 bridgehead atoms. The molecule has 110 valence electrons. The highest BCUT2D eigenvalue weighted by Gasteiger charge is 2.16. The highest BCUT2D eigenvalue weighted by molar-refractivity contribution is 7.14. The summed E-state index contributed by atoms with van der Waals surface area (Å²) in [7, 11) is 0. The van der Waals surface area contributed by atoms with Crippen LogP contribution in [-0.4, -0.2) is 40.2 Å². The molecule has 0 fully saturated rings. The minimum Gasteiger partial charge on any atom is -0.481 e. The summed E-state index contributed by atoms with van der Waals surface area (Å²) < 4.78 is 0. The summed E-state index contributed by atoms with van der Waals surface area (Å²) >= 11 is 1.30. The Morgan fingerprint density at radius 3 is 2.48 bits per heavy atom. The second-order valence-electron chi connectivity index (χ2n) is 4.34. The maximum absolute atomic E-state index is 10.9. The molecule has 1 aromatic heterocycles. The van der Waals surface area contributed by atoms with Crippen LogP contribution in [0.15, 0.2) is 35.7 Å². The summed E-state index contributed by atoms with van der Waals surface area (Å²) in [5.74, 6) is -1.98. The minimum absolute atomic E-state index is 0.114. The van der Waals surface area contributed by atoms with Gasteiger partial charge in [0.1, 0.15) is 6.54 Å². The van der Waals surface area contributed by atoms with Crippen molar-refractivity contribution >= 4 is 28.4 Å². The molecule has 0 spiro atoms. The first-order valence-electron chi connectivity index (χ1n) is 6.26. The fourth-order valence-corrected chi connectivity index (χ4v) is 2.65. The lowest BCUT2D eigenvalue weighted by Gasteiger charge is -2.18. The Morgan fingerprint density at radius 1 is 1.14 bits per heavy atom. The highest BCUT2D eigenvalue weighted by Crippen LogP contribution is 2.27. The van der Waals surface area contributed by atoms with Gasteiger partial charge in [0.25, 0.3) is 0 Å². The first kappa shape index (κ1) is 15.0. The second kappa shape index (κ2) is 6.85. The van der Waals surface area contributed by atoms with Crippen LogP contribution in [0.3, 0.4) is 0 Å². The van der Waals surface area contributed by atoms with E-state index in [0.717, 1.165) is 11.3 Å². The molecule has 21 heavy (non-hydrogen) atoms. The Labute approximate surface area is 125 Å². The SMILES string of the molecule is O=C(O)CCN(CC(=O)O)c1nc(-c2ccccc2)cs1. The van der Waals surface area contributed by atoms with E-state index in [9.17, 15) is 9.59 Å². The topological polar surface area (TPSA) is 90.7 Å². The van der Waals surface area contributed by atoms with Gasteiger partial charge in [-0.05, 0) is 0 Å². The predicted molar refractivity (Wildman–Crippen MR) is 79.7 cm³/mol. The average Bonchev–Trinajstić information content (AvgIpc) is 2.93. The van der Waals surface area contributed by atoms with Gasteiger partial charge in [0.2, 0.25) is 0 Å². The van der Waals surface area contributed by atoms with Gasteiger partial charge in [0.05, 0.1) is 12.1 Å². The zero-order valence-corrected chi connectivity index (χ0v) is 11.9. The van der Waals surface area contributed by atoms with E-state index in [1.54, 1.807) is 0 Å². The maximum Gasteiger partial charge on any atom is 0.323 e. The number of carboxylic acid groups (broad SMARTS) is 2. The molecule has 0 aliphatic carbocycles. The van der Waals surface area contributed by atoms with Crippen molar-refractivity contribution < 1.29 is 19.8 Å². The number of carbonyl (C=O) groups is 2. The fraction of sp³-hybridized carbons (Fsp3) is 0.214. The number of aromatic nitrogens is 1. The monoisotopic (exact) mass is 306 g/mol. The van der Waals surface area contributed by atoms with Gasteiger partial charge in [0.15, 0.2) is 5.13 Å². The summed E-state index contributed by atoms with van der Waals surface area (Å²) in [5, 5.41) is 20.0. The van der Waals surface area contributed by atoms with Crippen molar-refractivity contribution in [3.8, 4) is 11.3 Å². The van der Waals surface area contributed by atoms with Crippen LogP contribution in [0.25, 0.3) is 11.3 Å². The Bertz CT molecular complexity index is 627. The first-order valence-corrected chi connectivity index (χ1v) is 7.13. The molecule has 0 radical (unpaired) electrons. The van der Waals surface area contributed by atoms with Crippen molar-refractivity contribution in [1.29, 1.82) is 0 Å². The number of carboxylic acids is 2. The number of nitrogens with zero attached hydrogens (tertiary/aromatic N) is 2. The van der Waals surface area contributed by atoms with E-state index in [-0.39, 0.29) is 19.5 Å². The zero-order chi connectivity index (χ0) is 15.2. The molecule has 0 aliphatic heterocycles. The van der Waals surface area contributed by atoms with Crippen LogP contribution >= 0.6 is 11.3 Å². The van der Waals surface area contributed by atoms with E-state index < -0.39 is 11.9 Å². The molecule has 6 nitrogen and oxygen atoms in total. The summed E-state index contributed by atoms with van der Waals surface area (Å²) in [6.07, 6.45) is -0.131. The van der Waals surface area contributed by atoms with Gasteiger partial charge >= 0.3 is 11.9 Å². The number of thiazole rings is 1. The van der Waals surface area contributed by atoms with Gasteiger partial charge < -0.3 is 15.1 Å². The van der Waals surface area contributed by atoms with Gasteiger partial charge in [0, 0.05) is 17.5 Å². The van der Waals surface area contributed by atoms with Gasteiger partial charge in [-0.15, -0.1) is 11.3 Å². The summed E-state index contributed by atoms with van der Waals surface area (Å²) in [5.41, 5.74) is 1.69. The van der Waals surface area contributed by atoms with Crippen LogP contribution in [0.4, 0.5) is 5.13 Å². The Morgan fingerprint density at radius 2 is 1.86 bits per heavy atom. The molecule has 0 saturated heterocycles. The summed E-state index contributed by atoms with van der Waals surface area (Å²) in [6.45, 7) is -0.154. The molecule has 1 aromatic carbocycles. The van der Waals surface area contributed by atoms with E-state index in [1.807, 2.05) is 35.7 Å². The van der Waals surface area contributed by atoms with Crippen molar-refractivity contribution in [3.63, 3.8) is 0 Å². The van der Waals surface area contributed by atoms with Gasteiger partial charge in [-0.1, -0.05) is 30.3 Å². The van der Waals surface area contributed by atoms with Crippen LogP contribution in [0.5, 0.6) is 0 Å². The molecule has 0 saturated carbocycles. The van der Waals surface area contributed by atoms with E-state index in [4.69, 9.17) is 10.2 Å². The third kappa shape index (κ3) is 4.28. The first-order chi connectivity index (χ1) is 10.1. The fourth-order valence-electron chi connectivity index (χ4n) is 1.79. The van der Waals surface area contributed by atoms with Crippen LogP contribution in [-0.2, 0) is 9.59 Å². The molecule has 0 amide bonds. The van der Waals surface area contributed by atoms with Crippen LogP contribution < -0.4 is 4.90 Å². The lowest BCUT2D eigenvalue weighted by Crippen LogP contribution is -2.31. The van der Waals surface area contributed by atoms with E-state index in [1.165, 1.54) is 16.2 Å². The van der Waals surface area contributed by atoms with Crippen molar-refractivity contribution in [3.05, 3.63) is 35.7 Å². The standard InChI is InChI=1S/C14H14N2O4S/c17-12(18)6-7-16(8-13(19)20)14-15-11(9-21-14)10-4-2-1-3-5-10/h1-5,9H,6-8H2,(H,17,18)(H,19,20). The van der Waals surface area contributed by atoms with Gasteiger partial charge in [-0.3, -0.25) is 9.59 Å². The van der Waals surface area contributed by atoms with Gasteiger partial charge in [-0.2, -0.15) is 0 Å². The molecule has 2 aromatic rings. The van der Waals surface area contributed by atoms with Gasteiger partial charge in [-0.25, -0.2) is 4.98 Å². The van der Waals surface area contributed by atoms with Crippen molar-refractivity contribution in [2.75, 3.05) is 18.0 Å². The lowest BCUT2D eigenvalue weighted by molar-refractivity contribution is -0.138. The zero-order valence-electron chi connectivity index (χ0n) is 11.1. The Balaban J connectivity index is 2.18. The average molecular weight is 306 g/mol. The van der Waals surface area contributed by atoms with Crippen LogP contribution in [0.2, 0.25) is 0 Å². The number of rotatable bonds is 7. The minimum atomic E-state index is -1.02. The molecular formula is C14H14N2O4S. The smallest absolute Gasteiger partial charge is 0.323 e. The molecule has 1 heterocycles. The predicted octanol–water partition coefficient (Wildman–Crippen LogP) is 2.18. The molecule has 2 N–H and O–H groups in total. The van der Waals surface area contributed by atoms with Crippen LogP contribution in [0, 0.1) is 0 Å². The third-order valence-electron chi connectivity index (χ3n) is 2.75. The normalized spacial score (nSPS) is 10.3. The summed E-state index contributed by atoms with van der Waals surface area (Å²) in [4.78, 5) is 27.4. The quantitative estimate of drug-likeness (QED) is 0.814. The highest BCUT2D eigenvalue weighted by atomic mass is 32.1. The number of anilines is 1. The Kier molecular flexibility index (Phi) is 4.89. The number of hydrogen-bond acceptors (Lipinski definition) is 5. The van der Waals surface area contributed by atoms with E-state index >= 15 is 0 Å². The molecule has 0 unspecified atom stereocenters. The Hall–Kier alpha value is -2.41. The molecular weight excluding hydrogens is 292 g/mol. The third-order valence-corrected chi connectivity index (χ3v) is 3.66. The molecule has 0 atom stereocenters. The number of aliphatic carboxylic acids is 2. The number of benzene rings is 1. The molecule has 2 rings (SSSR count). The lowest BCUT2D eigenvalue weighted by atomic mass is 10.2.